The van der Waals surface area contributed by atoms with E-state index in [2.05, 4.69) is 10.3 Å². The predicted octanol–water partition coefficient (Wildman–Crippen LogP) is 2.69. The van der Waals surface area contributed by atoms with E-state index < -0.39 is 12.0 Å². The lowest BCUT2D eigenvalue weighted by atomic mass is 10.2. The minimum absolute atomic E-state index is 0.285. The van der Waals surface area contributed by atoms with Crippen molar-refractivity contribution in [3.63, 3.8) is 0 Å². The van der Waals surface area contributed by atoms with E-state index in [1.807, 2.05) is 47.0 Å². The third kappa shape index (κ3) is 3.08. The zero-order valence-electron chi connectivity index (χ0n) is 13.3. The van der Waals surface area contributed by atoms with E-state index in [1.54, 1.807) is 12.4 Å². The number of rotatable bonds is 5. The quantitative estimate of drug-likeness (QED) is 0.573. The minimum Gasteiger partial charge on any atom is -0.326 e. The van der Waals surface area contributed by atoms with E-state index in [0.717, 1.165) is 16.6 Å². The average molecular weight is 336 g/mol. The van der Waals surface area contributed by atoms with Crippen molar-refractivity contribution in [2.45, 2.75) is 19.0 Å². The number of hydrogen-bond acceptors (Lipinski definition) is 4. The van der Waals surface area contributed by atoms with Crippen LogP contribution in [0, 0.1) is 16.0 Å². The summed E-state index contributed by atoms with van der Waals surface area (Å²) in [6, 6.07) is 14.7. The lowest BCUT2D eigenvalue weighted by molar-refractivity contribution is -0.497. The van der Waals surface area contributed by atoms with Gasteiger partial charge >= 0.3 is 0 Å². The van der Waals surface area contributed by atoms with E-state index in [0.29, 0.717) is 18.7 Å². The Labute approximate surface area is 143 Å². The van der Waals surface area contributed by atoms with Crippen LogP contribution in [0.3, 0.4) is 0 Å². The van der Waals surface area contributed by atoms with Crippen LogP contribution in [0.2, 0.25) is 0 Å². The summed E-state index contributed by atoms with van der Waals surface area (Å²) in [6.45, 7) is 0.630. The fourth-order valence-corrected chi connectivity index (χ4v) is 3.01. The highest BCUT2D eigenvalue weighted by molar-refractivity contribution is 5.94. The first-order chi connectivity index (χ1) is 12.1. The van der Waals surface area contributed by atoms with Gasteiger partial charge in [-0.1, -0.05) is 24.3 Å². The molecule has 0 spiro atoms. The summed E-state index contributed by atoms with van der Waals surface area (Å²) < 4.78 is 2.04. The number of nitro groups is 1. The zero-order valence-corrected chi connectivity index (χ0v) is 13.3. The summed E-state index contributed by atoms with van der Waals surface area (Å²) in [4.78, 5) is 26.7. The van der Waals surface area contributed by atoms with Gasteiger partial charge in [0.15, 0.2) is 0 Å². The molecule has 0 radical (unpaired) electrons. The summed E-state index contributed by atoms with van der Waals surface area (Å²) in [5.41, 5.74) is 3.65. The van der Waals surface area contributed by atoms with E-state index in [1.165, 1.54) is 0 Å². The number of nitrogens with one attached hydrogen (secondary N) is 1. The van der Waals surface area contributed by atoms with E-state index in [-0.39, 0.29) is 10.8 Å². The lowest BCUT2D eigenvalue weighted by Gasteiger charge is -2.08. The van der Waals surface area contributed by atoms with Crippen LogP contribution in [0.25, 0.3) is 11.0 Å². The van der Waals surface area contributed by atoms with Crippen molar-refractivity contribution in [1.29, 1.82) is 0 Å². The monoisotopic (exact) mass is 336 g/mol. The molecular formula is C18H16N4O3. The maximum atomic E-state index is 12.1. The molecule has 1 aliphatic carbocycles. The highest BCUT2D eigenvalue weighted by Gasteiger charge is 2.53. The number of aromatic nitrogens is 2. The van der Waals surface area contributed by atoms with Gasteiger partial charge in [0.2, 0.25) is 11.9 Å². The molecule has 0 bridgehead atoms. The summed E-state index contributed by atoms with van der Waals surface area (Å²) in [7, 11) is 0. The van der Waals surface area contributed by atoms with Gasteiger partial charge in [-0.3, -0.25) is 14.9 Å². The van der Waals surface area contributed by atoms with Gasteiger partial charge in [0, 0.05) is 23.6 Å². The number of carbonyl (C=O) groups is 1. The van der Waals surface area contributed by atoms with Gasteiger partial charge in [-0.25, -0.2) is 4.98 Å². The molecule has 1 aliphatic rings. The van der Waals surface area contributed by atoms with Gasteiger partial charge in [-0.05, 0) is 29.8 Å². The van der Waals surface area contributed by atoms with Crippen LogP contribution in [-0.2, 0) is 11.3 Å². The molecule has 1 fully saturated rings. The Bertz CT molecular complexity index is 966. The van der Waals surface area contributed by atoms with Crippen LogP contribution in [-0.4, -0.2) is 26.4 Å². The fourth-order valence-electron chi connectivity index (χ4n) is 3.01. The number of hydrogen-bond donors (Lipinski definition) is 1. The van der Waals surface area contributed by atoms with Crippen molar-refractivity contribution in [3.8, 4) is 0 Å². The topological polar surface area (TPSA) is 90.1 Å². The highest BCUT2D eigenvalue weighted by atomic mass is 16.6. The Balaban J connectivity index is 1.48. The molecular weight excluding hydrogens is 320 g/mol. The van der Waals surface area contributed by atoms with Crippen molar-refractivity contribution in [2.75, 3.05) is 5.32 Å². The molecule has 0 unspecified atom stereocenters. The predicted molar refractivity (Wildman–Crippen MR) is 92.8 cm³/mol. The van der Waals surface area contributed by atoms with E-state index >= 15 is 0 Å². The summed E-state index contributed by atoms with van der Waals surface area (Å²) in [5, 5.41) is 13.5. The van der Waals surface area contributed by atoms with Gasteiger partial charge in [0.05, 0.1) is 17.4 Å². The van der Waals surface area contributed by atoms with Gasteiger partial charge < -0.3 is 9.88 Å². The van der Waals surface area contributed by atoms with E-state index in [9.17, 15) is 14.9 Å². The van der Waals surface area contributed by atoms with Crippen LogP contribution in [0.5, 0.6) is 0 Å². The lowest BCUT2D eigenvalue weighted by Crippen LogP contribution is -2.18. The molecule has 2 atom stereocenters. The summed E-state index contributed by atoms with van der Waals surface area (Å²) >= 11 is 0. The third-order valence-corrected chi connectivity index (χ3v) is 4.44. The molecule has 2 aromatic carbocycles. The highest BCUT2D eigenvalue weighted by Crippen LogP contribution is 2.34. The van der Waals surface area contributed by atoms with Crippen LogP contribution in [0.4, 0.5) is 5.69 Å². The molecule has 4 rings (SSSR count). The molecule has 7 heteroatoms. The second kappa shape index (κ2) is 6.01. The molecule has 1 N–H and O–H groups in total. The maximum absolute atomic E-state index is 12.1. The molecule has 1 aromatic heterocycles. The van der Waals surface area contributed by atoms with Crippen molar-refractivity contribution in [2.24, 2.45) is 5.92 Å². The molecule has 3 aromatic rings. The number of para-hydroxylation sites is 2. The Hall–Kier alpha value is -3.22. The van der Waals surface area contributed by atoms with Crippen LogP contribution in [0.15, 0.2) is 54.9 Å². The normalized spacial score (nSPS) is 18.9. The molecule has 0 saturated heterocycles. The number of nitrogens with zero attached hydrogens (tertiary/aromatic N) is 3. The number of fused-ring (bicyclic) bond motifs is 1. The standard InChI is InChI=1S/C18H16N4O3/c23-18(14-9-17(14)22(24)25)20-13-5-3-4-12(8-13)10-21-11-19-15-6-1-2-7-16(15)21/h1-8,11,14,17H,9-10H2,(H,20,23)/t14-,17-/m0/s1. The number of imidazole rings is 1. The second-order valence-corrected chi connectivity index (χ2v) is 6.25. The van der Waals surface area contributed by atoms with Crippen molar-refractivity contribution in [3.05, 3.63) is 70.5 Å². The van der Waals surface area contributed by atoms with Crippen LogP contribution < -0.4 is 5.32 Å². The largest absolute Gasteiger partial charge is 0.326 e. The number of anilines is 1. The minimum atomic E-state index is -0.736. The Kier molecular flexibility index (Phi) is 3.68. The van der Waals surface area contributed by atoms with Crippen molar-refractivity contribution >= 4 is 22.6 Å². The summed E-state index contributed by atoms with van der Waals surface area (Å²) in [6.07, 6.45) is 2.11. The second-order valence-electron chi connectivity index (χ2n) is 6.25. The molecule has 25 heavy (non-hydrogen) atoms. The first kappa shape index (κ1) is 15.3. The number of amides is 1. The van der Waals surface area contributed by atoms with Crippen molar-refractivity contribution in [1.82, 2.24) is 9.55 Å². The van der Waals surface area contributed by atoms with Gasteiger partial charge in [-0.2, -0.15) is 0 Å². The van der Waals surface area contributed by atoms with Crippen LogP contribution >= 0.6 is 0 Å². The molecule has 126 valence electrons. The fraction of sp³-hybridized carbons (Fsp3) is 0.222. The van der Waals surface area contributed by atoms with E-state index in [4.69, 9.17) is 0 Å². The molecule has 1 amide bonds. The van der Waals surface area contributed by atoms with Crippen molar-refractivity contribution < 1.29 is 9.72 Å². The summed E-state index contributed by atoms with van der Waals surface area (Å²) in [5.74, 6) is -0.803. The van der Waals surface area contributed by atoms with Gasteiger partial charge in [0.25, 0.3) is 0 Å². The Morgan fingerprint density at radius 1 is 1.28 bits per heavy atom. The smallest absolute Gasteiger partial charge is 0.234 e. The number of carbonyl (C=O) groups excluding carboxylic acids is 1. The first-order valence-electron chi connectivity index (χ1n) is 8.05. The maximum Gasteiger partial charge on any atom is 0.234 e. The van der Waals surface area contributed by atoms with Gasteiger partial charge in [0.1, 0.15) is 5.92 Å². The number of benzene rings is 2. The average Bonchev–Trinajstić information content (AvgIpc) is 3.32. The first-order valence-corrected chi connectivity index (χ1v) is 8.05. The van der Waals surface area contributed by atoms with Gasteiger partial charge in [-0.15, -0.1) is 0 Å². The molecule has 7 nitrogen and oxygen atoms in total. The Morgan fingerprint density at radius 2 is 2.12 bits per heavy atom. The zero-order chi connectivity index (χ0) is 17.4. The Morgan fingerprint density at radius 3 is 2.92 bits per heavy atom. The molecule has 0 aliphatic heterocycles. The SMILES string of the molecule is O=C(Nc1cccc(Cn2cnc3ccccc32)c1)[C@H]1C[C@@H]1[N+](=O)[O-]. The van der Waals surface area contributed by atoms with Crippen LogP contribution in [0.1, 0.15) is 12.0 Å². The molecule has 1 heterocycles. The third-order valence-electron chi connectivity index (χ3n) is 4.44. The molecule has 1 saturated carbocycles.